The molecule has 0 atom stereocenters. The highest BCUT2D eigenvalue weighted by Crippen LogP contribution is 2.32. The molecule has 2 heterocycles. The largest absolute Gasteiger partial charge is 0.493 e. The molecule has 3 amide bonds. The summed E-state index contributed by atoms with van der Waals surface area (Å²) >= 11 is 0. The molecule has 2 fully saturated rings. The van der Waals surface area contributed by atoms with Gasteiger partial charge in [0.1, 0.15) is 5.75 Å². The number of hydrogen-bond donors (Lipinski definition) is 2. The maximum atomic E-state index is 12.8. The molecule has 3 N–H and O–H groups in total. The summed E-state index contributed by atoms with van der Waals surface area (Å²) in [7, 11) is 1.69. The van der Waals surface area contributed by atoms with E-state index in [0.29, 0.717) is 58.9 Å². The number of carbonyl (C=O) groups excluding carboxylic acids is 2. The Balaban J connectivity index is 1.33. The SMILES string of the molecule is CCCCN=C(N)NC(=O)CCc1ccc(-c2ccc(CN3CCN(C(=O)N4CCOCC4)CC3)cc2)c(OCCCOC)c1. The number of nitrogens with two attached hydrogens (primary N) is 1. The first-order valence-corrected chi connectivity index (χ1v) is 16.2. The van der Waals surface area contributed by atoms with Crippen molar-refractivity contribution in [3.63, 3.8) is 0 Å². The van der Waals surface area contributed by atoms with Crippen LogP contribution in [0.3, 0.4) is 0 Å². The second-order valence-electron chi connectivity index (χ2n) is 11.5. The van der Waals surface area contributed by atoms with Crippen LogP contribution < -0.4 is 15.8 Å². The van der Waals surface area contributed by atoms with Crippen molar-refractivity contribution in [1.29, 1.82) is 0 Å². The normalized spacial score (nSPS) is 16.1. The summed E-state index contributed by atoms with van der Waals surface area (Å²) < 4.78 is 16.8. The van der Waals surface area contributed by atoms with Crippen LogP contribution in [0, 0.1) is 0 Å². The fraction of sp³-hybridized carbons (Fsp3) is 0.559. The Morgan fingerprint density at radius 1 is 0.933 bits per heavy atom. The first-order valence-electron chi connectivity index (χ1n) is 16.2. The van der Waals surface area contributed by atoms with Crippen molar-refractivity contribution in [2.45, 2.75) is 45.6 Å². The third kappa shape index (κ3) is 11.0. The summed E-state index contributed by atoms with van der Waals surface area (Å²) in [6.45, 7) is 10.5. The molecule has 0 aliphatic carbocycles. The topological polar surface area (TPSA) is 122 Å². The zero-order valence-electron chi connectivity index (χ0n) is 27.0. The number of morpholine rings is 1. The van der Waals surface area contributed by atoms with Crippen LogP contribution in [0.1, 0.15) is 43.7 Å². The average Bonchev–Trinajstić information content (AvgIpc) is 3.07. The smallest absolute Gasteiger partial charge is 0.320 e. The third-order valence-corrected chi connectivity index (χ3v) is 8.09. The van der Waals surface area contributed by atoms with Crippen molar-refractivity contribution in [2.24, 2.45) is 10.7 Å². The van der Waals surface area contributed by atoms with Gasteiger partial charge in [0.15, 0.2) is 5.96 Å². The number of aryl methyl sites for hydroxylation is 1. The molecule has 0 radical (unpaired) electrons. The molecule has 2 aromatic rings. The van der Waals surface area contributed by atoms with Gasteiger partial charge in [0.2, 0.25) is 5.91 Å². The molecule has 11 heteroatoms. The van der Waals surface area contributed by atoms with Gasteiger partial charge in [-0.2, -0.15) is 0 Å². The number of piperazine rings is 1. The number of methoxy groups -OCH3 is 1. The standard InChI is InChI=1S/C34H50N6O5/c1-3-4-14-36-33(35)37-32(41)13-9-27-8-12-30(31(25-27)45-22-5-21-43-2)29-10-6-28(7-11-29)26-38-15-17-39(18-16-38)34(42)40-19-23-44-24-20-40/h6-8,10-12,25H,3-5,9,13-24,26H2,1-2H3,(H3,35,36,37,41). The lowest BCUT2D eigenvalue weighted by atomic mass is 9.99. The van der Waals surface area contributed by atoms with E-state index < -0.39 is 0 Å². The van der Waals surface area contributed by atoms with Crippen LogP contribution in [-0.2, 0) is 27.2 Å². The number of rotatable bonds is 14. The van der Waals surface area contributed by atoms with Crippen LogP contribution in [-0.4, -0.2) is 112 Å². The number of amides is 3. The number of hydrogen-bond acceptors (Lipinski definition) is 7. The van der Waals surface area contributed by atoms with Crippen LogP contribution >= 0.6 is 0 Å². The number of nitrogens with zero attached hydrogens (tertiary/aromatic N) is 4. The number of nitrogens with one attached hydrogen (secondary N) is 1. The van der Waals surface area contributed by atoms with Crippen molar-refractivity contribution in [1.82, 2.24) is 20.0 Å². The zero-order chi connectivity index (χ0) is 31.9. The highest BCUT2D eigenvalue weighted by atomic mass is 16.5. The van der Waals surface area contributed by atoms with E-state index in [2.05, 4.69) is 58.5 Å². The van der Waals surface area contributed by atoms with Crippen LogP contribution in [0.4, 0.5) is 4.79 Å². The predicted octanol–water partition coefficient (Wildman–Crippen LogP) is 3.50. The van der Waals surface area contributed by atoms with E-state index in [-0.39, 0.29) is 17.9 Å². The molecule has 11 nitrogen and oxygen atoms in total. The fourth-order valence-electron chi connectivity index (χ4n) is 5.43. The Labute approximate surface area is 267 Å². The summed E-state index contributed by atoms with van der Waals surface area (Å²) in [5, 5.41) is 2.68. The lowest BCUT2D eigenvalue weighted by Gasteiger charge is -2.38. The highest BCUT2D eigenvalue weighted by molar-refractivity contribution is 5.96. The molecule has 0 unspecified atom stereocenters. The number of urea groups is 1. The quantitative estimate of drug-likeness (QED) is 0.188. The van der Waals surface area contributed by atoms with Crippen molar-refractivity contribution >= 4 is 17.9 Å². The van der Waals surface area contributed by atoms with Crippen LogP contribution in [0.25, 0.3) is 11.1 Å². The molecule has 2 aliphatic rings. The number of benzene rings is 2. The fourth-order valence-corrected chi connectivity index (χ4v) is 5.43. The number of carbonyl (C=O) groups is 2. The number of guanidine groups is 1. The lowest BCUT2D eigenvalue weighted by Crippen LogP contribution is -2.54. The van der Waals surface area contributed by atoms with E-state index in [4.69, 9.17) is 19.9 Å². The summed E-state index contributed by atoms with van der Waals surface area (Å²) in [6, 6.07) is 14.9. The Hall–Kier alpha value is -3.67. The summed E-state index contributed by atoms with van der Waals surface area (Å²) in [5.41, 5.74) is 10.2. The molecule has 4 rings (SSSR count). The summed E-state index contributed by atoms with van der Waals surface area (Å²) in [5.74, 6) is 0.814. The third-order valence-electron chi connectivity index (χ3n) is 8.09. The minimum Gasteiger partial charge on any atom is -0.493 e. The maximum Gasteiger partial charge on any atom is 0.320 e. The van der Waals surface area contributed by atoms with Crippen molar-refractivity contribution < 1.29 is 23.8 Å². The molecule has 0 spiro atoms. The summed E-state index contributed by atoms with van der Waals surface area (Å²) in [4.78, 5) is 35.7. The molecule has 0 bridgehead atoms. The first-order chi connectivity index (χ1) is 22.0. The van der Waals surface area contributed by atoms with Crippen molar-refractivity contribution in [2.75, 3.05) is 79.4 Å². The molecule has 246 valence electrons. The zero-order valence-corrected chi connectivity index (χ0v) is 27.0. The Bertz CT molecular complexity index is 1240. The van der Waals surface area contributed by atoms with Crippen LogP contribution in [0.15, 0.2) is 47.5 Å². The van der Waals surface area contributed by atoms with Gasteiger partial charge in [-0.05, 0) is 35.6 Å². The van der Waals surface area contributed by atoms with Gasteiger partial charge in [0.05, 0.1) is 19.8 Å². The van der Waals surface area contributed by atoms with Crippen molar-refractivity contribution in [3.05, 3.63) is 53.6 Å². The van der Waals surface area contributed by atoms with Gasteiger partial charge in [-0.1, -0.05) is 49.7 Å². The molecule has 2 saturated heterocycles. The second-order valence-corrected chi connectivity index (χ2v) is 11.5. The highest BCUT2D eigenvalue weighted by Gasteiger charge is 2.26. The van der Waals surface area contributed by atoms with Gasteiger partial charge >= 0.3 is 6.03 Å². The number of unbranched alkanes of at least 4 members (excludes halogenated alkanes) is 1. The molecule has 2 aromatic carbocycles. The van der Waals surface area contributed by atoms with Gasteiger partial charge in [-0.25, -0.2) is 4.79 Å². The number of ether oxygens (including phenoxy) is 3. The van der Waals surface area contributed by atoms with Gasteiger partial charge < -0.3 is 29.7 Å². The molecular weight excluding hydrogens is 572 g/mol. The monoisotopic (exact) mass is 622 g/mol. The Morgan fingerprint density at radius 2 is 1.64 bits per heavy atom. The lowest BCUT2D eigenvalue weighted by molar-refractivity contribution is -0.119. The molecule has 0 aromatic heterocycles. The van der Waals surface area contributed by atoms with E-state index in [1.807, 2.05) is 15.9 Å². The van der Waals surface area contributed by atoms with Crippen LogP contribution in [0.2, 0.25) is 0 Å². The van der Waals surface area contributed by atoms with E-state index in [9.17, 15) is 9.59 Å². The maximum absolute atomic E-state index is 12.8. The molecular formula is C34H50N6O5. The summed E-state index contributed by atoms with van der Waals surface area (Å²) in [6.07, 6.45) is 3.61. The molecule has 45 heavy (non-hydrogen) atoms. The minimum atomic E-state index is -0.153. The molecule has 2 aliphatic heterocycles. The molecule has 0 saturated carbocycles. The Kier molecular flexibility index (Phi) is 13.9. The van der Waals surface area contributed by atoms with Crippen LogP contribution in [0.5, 0.6) is 5.75 Å². The van der Waals surface area contributed by atoms with Gasteiger partial charge in [-0.15, -0.1) is 0 Å². The predicted molar refractivity (Wildman–Crippen MR) is 176 cm³/mol. The van der Waals surface area contributed by atoms with E-state index in [1.165, 1.54) is 5.56 Å². The first kappa shape index (κ1) is 34.2. The van der Waals surface area contributed by atoms with Gasteiger partial charge in [-0.3, -0.25) is 20.0 Å². The van der Waals surface area contributed by atoms with E-state index in [0.717, 1.165) is 74.4 Å². The Morgan fingerprint density at radius 3 is 2.36 bits per heavy atom. The minimum absolute atomic E-state index is 0.133. The number of aliphatic imine (C=N–C) groups is 1. The van der Waals surface area contributed by atoms with Gasteiger partial charge in [0.25, 0.3) is 0 Å². The second kappa shape index (κ2) is 18.3. The average molecular weight is 623 g/mol. The van der Waals surface area contributed by atoms with Gasteiger partial charge in [0, 0.05) is 84.5 Å². The van der Waals surface area contributed by atoms with E-state index >= 15 is 0 Å². The van der Waals surface area contributed by atoms with E-state index in [1.54, 1.807) is 7.11 Å². The van der Waals surface area contributed by atoms with Crippen molar-refractivity contribution in [3.8, 4) is 16.9 Å².